The van der Waals surface area contributed by atoms with Crippen molar-refractivity contribution >= 4 is 17.5 Å². The summed E-state index contributed by atoms with van der Waals surface area (Å²) in [5.41, 5.74) is 3.19. The SMILES string of the molecule is CC(C)=C1C(=O)OC(=O)/C1=C(/c1cc(C)oc1C)C(C)C. The molecular weight excluding hydrogens is 268 g/mol. The molecule has 1 aromatic heterocycles. The average Bonchev–Trinajstić information content (AvgIpc) is 2.80. The summed E-state index contributed by atoms with van der Waals surface area (Å²) in [7, 11) is 0. The van der Waals surface area contributed by atoms with E-state index in [1.54, 1.807) is 13.8 Å². The van der Waals surface area contributed by atoms with E-state index in [0.717, 1.165) is 28.2 Å². The van der Waals surface area contributed by atoms with Crippen LogP contribution in [0.15, 0.2) is 27.2 Å². The molecule has 0 aromatic carbocycles. The van der Waals surface area contributed by atoms with Crippen LogP contribution < -0.4 is 0 Å². The highest BCUT2D eigenvalue weighted by Gasteiger charge is 2.38. The van der Waals surface area contributed by atoms with Crippen molar-refractivity contribution in [2.24, 2.45) is 5.92 Å². The second-order valence-electron chi connectivity index (χ2n) is 5.82. The third-order valence-electron chi connectivity index (χ3n) is 3.52. The Morgan fingerprint density at radius 2 is 1.62 bits per heavy atom. The first-order valence-electron chi connectivity index (χ1n) is 7.00. The van der Waals surface area contributed by atoms with E-state index in [-0.39, 0.29) is 5.92 Å². The van der Waals surface area contributed by atoms with Crippen molar-refractivity contribution in [1.29, 1.82) is 0 Å². The van der Waals surface area contributed by atoms with Gasteiger partial charge in [-0.2, -0.15) is 0 Å². The number of cyclic esters (lactones) is 2. The molecule has 112 valence electrons. The molecule has 0 spiro atoms. The Morgan fingerprint density at radius 1 is 1.05 bits per heavy atom. The maximum Gasteiger partial charge on any atom is 0.347 e. The van der Waals surface area contributed by atoms with E-state index >= 15 is 0 Å². The molecular formula is C17H20O4. The topological polar surface area (TPSA) is 56.5 Å². The zero-order chi connectivity index (χ0) is 15.9. The minimum atomic E-state index is -0.571. The predicted octanol–water partition coefficient (Wildman–Crippen LogP) is 3.73. The van der Waals surface area contributed by atoms with E-state index in [4.69, 9.17) is 9.15 Å². The van der Waals surface area contributed by atoms with E-state index in [9.17, 15) is 9.59 Å². The largest absolute Gasteiger partial charge is 0.466 e. The maximum atomic E-state index is 12.2. The number of carbonyl (C=O) groups is 2. The number of hydrogen-bond acceptors (Lipinski definition) is 4. The molecule has 4 nitrogen and oxygen atoms in total. The number of aryl methyl sites for hydroxylation is 2. The molecule has 1 aliphatic rings. The van der Waals surface area contributed by atoms with Gasteiger partial charge in [0.2, 0.25) is 0 Å². The standard InChI is InChI=1S/C17H20O4/c1-8(2)13(12-7-10(5)20-11(12)6)15-14(9(3)4)16(18)21-17(15)19/h7-8H,1-6H3/b15-13+. The zero-order valence-corrected chi connectivity index (χ0v) is 13.3. The molecule has 1 aromatic rings. The lowest BCUT2D eigenvalue weighted by Gasteiger charge is -2.13. The molecule has 0 atom stereocenters. The Kier molecular flexibility index (Phi) is 3.90. The molecule has 1 fully saturated rings. The van der Waals surface area contributed by atoms with Crippen LogP contribution in [0, 0.1) is 19.8 Å². The zero-order valence-electron chi connectivity index (χ0n) is 13.3. The Balaban J connectivity index is 2.82. The number of hydrogen-bond donors (Lipinski definition) is 0. The lowest BCUT2D eigenvalue weighted by atomic mass is 9.87. The molecule has 2 rings (SSSR count). The van der Waals surface area contributed by atoms with Crippen molar-refractivity contribution in [1.82, 2.24) is 0 Å². The van der Waals surface area contributed by atoms with Crippen molar-refractivity contribution in [3.05, 3.63) is 39.9 Å². The quantitative estimate of drug-likeness (QED) is 0.473. The van der Waals surface area contributed by atoms with Gasteiger partial charge in [0.05, 0.1) is 11.1 Å². The fourth-order valence-corrected chi connectivity index (χ4v) is 2.72. The van der Waals surface area contributed by atoms with Crippen LogP contribution in [-0.4, -0.2) is 11.9 Å². The van der Waals surface area contributed by atoms with Crippen molar-refractivity contribution in [3.8, 4) is 0 Å². The van der Waals surface area contributed by atoms with E-state index in [1.165, 1.54) is 0 Å². The highest BCUT2D eigenvalue weighted by Crippen LogP contribution is 2.38. The first-order chi connectivity index (χ1) is 9.73. The van der Waals surface area contributed by atoms with Crippen LogP contribution in [0.5, 0.6) is 0 Å². The van der Waals surface area contributed by atoms with Gasteiger partial charge < -0.3 is 9.15 Å². The summed E-state index contributed by atoms with van der Waals surface area (Å²) >= 11 is 0. The molecule has 0 N–H and O–H groups in total. The lowest BCUT2D eigenvalue weighted by Crippen LogP contribution is -2.06. The van der Waals surface area contributed by atoms with Gasteiger partial charge in [-0.15, -0.1) is 0 Å². The molecule has 0 bridgehead atoms. The summed E-state index contributed by atoms with van der Waals surface area (Å²) in [6.45, 7) is 11.3. The number of esters is 2. The van der Waals surface area contributed by atoms with E-state index < -0.39 is 11.9 Å². The number of allylic oxidation sites excluding steroid dienone is 2. The fraction of sp³-hybridized carbons (Fsp3) is 0.412. The summed E-state index contributed by atoms with van der Waals surface area (Å²) in [6, 6.07) is 1.90. The third kappa shape index (κ3) is 2.58. The Hall–Kier alpha value is -2.10. The second kappa shape index (κ2) is 5.35. The van der Waals surface area contributed by atoms with Gasteiger partial charge in [0.25, 0.3) is 0 Å². The number of ether oxygens (including phenoxy) is 1. The van der Waals surface area contributed by atoms with Crippen molar-refractivity contribution in [2.45, 2.75) is 41.5 Å². The van der Waals surface area contributed by atoms with Crippen LogP contribution >= 0.6 is 0 Å². The van der Waals surface area contributed by atoms with Gasteiger partial charge >= 0.3 is 11.9 Å². The molecule has 4 heteroatoms. The van der Waals surface area contributed by atoms with Gasteiger partial charge in [0.15, 0.2) is 0 Å². The van der Waals surface area contributed by atoms with Crippen molar-refractivity contribution in [2.75, 3.05) is 0 Å². The molecule has 2 heterocycles. The monoisotopic (exact) mass is 288 g/mol. The second-order valence-corrected chi connectivity index (χ2v) is 5.82. The van der Waals surface area contributed by atoms with E-state index in [2.05, 4.69) is 0 Å². The summed E-state index contributed by atoms with van der Waals surface area (Å²) in [4.78, 5) is 24.1. The summed E-state index contributed by atoms with van der Waals surface area (Å²) in [5.74, 6) is 0.439. The highest BCUT2D eigenvalue weighted by molar-refractivity contribution is 6.22. The summed E-state index contributed by atoms with van der Waals surface area (Å²) in [5, 5.41) is 0. The smallest absolute Gasteiger partial charge is 0.347 e. The number of carbonyl (C=O) groups excluding carboxylic acids is 2. The third-order valence-corrected chi connectivity index (χ3v) is 3.52. The molecule has 0 radical (unpaired) electrons. The van der Waals surface area contributed by atoms with E-state index in [0.29, 0.717) is 11.1 Å². The van der Waals surface area contributed by atoms with Crippen LogP contribution in [0.4, 0.5) is 0 Å². The van der Waals surface area contributed by atoms with Crippen LogP contribution in [-0.2, 0) is 14.3 Å². The first-order valence-corrected chi connectivity index (χ1v) is 7.00. The molecule has 0 unspecified atom stereocenters. The van der Waals surface area contributed by atoms with Gasteiger partial charge in [0.1, 0.15) is 11.5 Å². The summed E-state index contributed by atoms with van der Waals surface area (Å²) in [6.07, 6.45) is 0. The maximum absolute atomic E-state index is 12.2. The van der Waals surface area contributed by atoms with Crippen molar-refractivity contribution < 1.29 is 18.7 Å². The fourth-order valence-electron chi connectivity index (χ4n) is 2.72. The molecule has 0 amide bonds. The minimum absolute atomic E-state index is 0.0588. The molecule has 1 saturated heterocycles. The van der Waals surface area contributed by atoms with Gasteiger partial charge in [-0.25, -0.2) is 9.59 Å². The van der Waals surface area contributed by atoms with Crippen molar-refractivity contribution in [3.63, 3.8) is 0 Å². The van der Waals surface area contributed by atoms with Crippen LogP contribution in [0.25, 0.3) is 5.57 Å². The number of rotatable bonds is 2. The molecule has 21 heavy (non-hydrogen) atoms. The van der Waals surface area contributed by atoms with Crippen LogP contribution in [0.2, 0.25) is 0 Å². The average molecular weight is 288 g/mol. The van der Waals surface area contributed by atoms with Gasteiger partial charge in [0, 0.05) is 5.56 Å². The molecule has 0 saturated carbocycles. The number of furan rings is 1. The Labute approximate surface area is 124 Å². The molecule has 0 aliphatic carbocycles. The van der Waals surface area contributed by atoms with Gasteiger partial charge in [-0.05, 0) is 45.3 Å². The van der Waals surface area contributed by atoms with Crippen LogP contribution in [0.3, 0.4) is 0 Å². The Bertz CT molecular complexity index is 680. The first kappa shape index (κ1) is 15.3. The normalized spacial score (nSPS) is 17.6. The lowest BCUT2D eigenvalue weighted by molar-refractivity contribution is -0.149. The minimum Gasteiger partial charge on any atom is -0.466 e. The highest BCUT2D eigenvalue weighted by atomic mass is 16.6. The van der Waals surface area contributed by atoms with Gasteiger partial charge in [-0.3, -0.25) is 0 Å². The molecule has 1 aliphatic heterocycles. The van der Waals surface area contributed by atoms with E-state index in [1.807, 2.05) is 33.8 Å². The summed E-state index contributed by atoms with van der Waals surface area (Å²) < 4.78 is 10.4. The Morgan fingerprint density at radius 3 is 2.05 bits per heavy atom. The van der Waals surface area contributed by atoms with Crippen LogP contribution in [0.1, 0.15) is 44.8 Å². The van der Waals surface area contributed by atoms with Gasteiger partial charge in [-0.1, -0.05) is 19.4 Å². The predicted molar refractivity (Wildman–Crippen MR) is 79.4 cm³/mol.